The zero-order chi connectivity index (χ0) is 21.8. The number of amides is 3. The summed E-state index contributed by atoms with van der Waals surface area (Å²) in [7, 11) is 0. The lowest BCUT2D eigenvalue weighted by molar-refractivity contribution is -0.121. The number of nitrogens with one attached hydrogen (secondary N) is 2. The van der Waals surface area contributed by atoms with Crippen LogP contribution in [0.3, 0.4) is 0 Å². The minimum atomic E-state index is -0.264. The van der Waals surface area contributed by atoms with Gasteiger partial charge in [0.25, 0.3) is 0 Å². The minimum Gasteiger partial charge on any atom is -0.486 e. The molecule has 4 rings (SSSR count). The van der Waals surface area contributed by atoms with Crippen molar-refractivity contribution in [1.82, 2.24) is 4.90 Å². The van der Waals surface area contributed by atoms with Crippen molar-refractivity contribution in [3.8, 4) is 11.5 Å². The summed E-state index contributed by atoms with van der Waals surface area (Å²) in [5.41, 5.74) is 2.55. The molecule has 8 heteroatoms. The van der Waals surface area contributed by atoms with E-state index in [-0.39, 0.29) is 17.9 Å². The van der Waals surface area contributed by atoms with E-state index in [9.17, 15) is 9.59 Å². The highest BCUT2D eigenvalue weighted by molar-refractivity contribution is 7.98. The van der Waals surface area contributed by atoms with Crippen LogP contribution in [0.4, 0.5) is 16.2 Å². The molecule has 7 nitrogen and oxygen atoms in total. The van der Waals surface area contributed by atoms with Gasteiger partial charge in [-0.15, -0.1) is 11.8 Å². The highest BCUT2D eigenvalue weighted by Gasteiger charge is 2.29. The van der Waals surface area contributed by atoms with Crippen molar-refractivity contribution < 1.29 is 19.1 Å². The van der Waals surface area contributed by atoms with E-state index < -0.39 is 0 Å². The Morgan fingerprint density at radius 3 is 2.61 bits per heavy atom. The number of ether oxygens (including phenoxy) is 2. The fraction of sp³-hybridized carbons (Fsp3) is 0.391. The molecule has 0 saturated carbocycles. The lowest BCUT2D eigenvalue weighted by atomic mass is 9.97. The number of nitrogens with zero attached hydrogens (tertiary/aromatic N) is 1. The summed E-state index contributed by atoms with van der Waals surface area (Å²) in [6, 6.07) is 11.2. The quantitative estimate of drug-likeness (QED) is 0.689. The Morgan fingerprint density at radius 1 is 1.10 bits per heavy atom. The number of urea groups is 1. The van der Waals surface area contributed by atoms with Crippen LogP contribution in [0.5, 0.6) is 11.5 Å². The number of likely N-dealkylation sites (tertiary alicyclic amines) is 1. The minimum absolute atomic E-state index is 0.0833. The number of benzene rings is 2. The maximum atomic E-state index is 13.0. The fourth-order valence-corrected chi connectivity index (χ4v) is 4.43. The van der Waals surface area contributed by atoms with Gasteiger partial charge in [0.05, 0.1) is 11.6 Å². The molecule has 2 aliphatic rings. The molecule has 1 atom stereocenters. The van der Waals surface area contributed by atoms with Crippen LogP contribution in [0, 0.1) is 12.8 Å². The van der Waals surface area contributed by atoms with Crippen molar-refractivity contribution in [2.45, 2.75) is 24.7 Å². The summed E-state index contributed by atoms with van der Waals surface area (Å²) in [5, 5.41) is 5.98. The third-order valence-corrected chi connectivity index (χ3v) is 6.25. The number of thioether (sulfide) groups is 1. The van der Waals surface area contributed by atoms with Crippen LogP contribution >= 0.6 is 11.8 Å². The molecule has 2 aromatic rings. The Balaban J connectivity index is 1.41. The summed E-state index contributed by atoms with van der Waals surface area (Å²) >= 11 is 1.54. The van der Waals surface area contributed by atoms with Crippen LogP contribution in [0.1, 0.15) is 18.4 Å². The standard InChI is InChI=1S/C23H27N3O4S/c1-15-5-3-7-17(11-15)24-23(28)26-8-4-6-16(14-26)22(27)25-18-12-19-20(13-21(18)31-2)30-10-9-29-19/h3,5,7,11-13,16H,4,6,8-10,14H2,1-2H3,(H,24,28)(H,25,27). The molecule has 0 bridgehead atoms. The third kappa shape index (κ3) is 5.07. The number of fused-ring (bicyclic) bond motifs is 1. The lowest BCUT2D eigenvalue weighted by Gasteiger charge is -2.32. The van der Waals surface area contributed by atoms with E-state index in [1.165, 1.54) is 11.8 Å². The first-order chi connectivity index (χ1) is 15.0. The number of anilines is 2. The zero-order valence-corrected chi connectivity index (χ0v) is 18.6. The molecule has 2 aliphatic heterocycles. The van der Waals surface area contributed by atoms with Gasteiger partial charge in [0, 0.05) is 29.7 Å². The predicted molar refractivity (Wildman–Crippen MR) is 122 cm³/mol. The molecule has 31 heavy (non-hydrogen) atoms. The van der Waals surface area contributed by atoms with E-state index in [4.69, 9.17) is 9.47 Å². The third-order valence-electron chi connectivity index (χ3n) is 5.47. The second-order valence-corrected chi connectivity index (χ2v) is 8.62. The average Bonchev–Trinajstić information content (AvgIpc) is 2.78. The number of hydrogen-bond acceptors (Lipinski definition) is 5. The maximum absolute atomic E-state index is 13.0. The molecule has 0 aliphatic carbocycles. The summed E-state index contributed by atoms with van der Waals surface area (Å²) in [6.45, 7) is 4.03. The summed E-state index contributed by atoms with van der Waals surface area (Å²) in [6.07, 6.45) is 3.49. The Morgan fingerprint density at radius 2 is 1.87 bits per heavy atom. The van der Waals surface area contributed by atoms with Gasteiger partial charge in [0.1, 0.15) is 13.2 Å². The number of rotatable bonds is 4. The van der Waals surface area contributed by atoms with E-state index in [1.54, 1.807) is 4.90 Å². The largest absolute Gasteiger partial charge is 0.486 e. The maximum Gasteiger partial charge on any atom is 0.321 e. The molecule has 0 spiro atoms. The highest BCUT2D eigenvalue weighted by atomic mass is 32.2. The topological polar surface area (TPSA) is 79.9 Å². The number of hydrogen-bond donors (Lipinski definition) is 2. The Kier molecular flexibility index (Phi) is 6.56. The van der Waals surface area contributed by atoms with Crippen LogP contribution in [0.2, 0.25) is 0 Å². The Bertz CT molecular complexity index is 981. The fourth-order valence-electron chi connectivity index (χ4n) is 3.87. The van der Waals surface area contributed by atoms with Gasteiger partial charge in [-0.25, -0.2) is 4.79 Å². The molecule has 3 amide bonds. The molecule has 2 N–H and O–H groups in total. The molecular formula is C23H27N3O4S. The summed E-state index contributed by atoms with van der Waals surface area (Å²) < 4.78 is 11.3. The first-order valence-corrected chi connectivity index (χ1v) is 11.7. The SMILES string of the molecule is CSc1cc2c(cc1NC(=O)C1CCCN(C(=O)Nc3cccc(C)c3)C1)OCCO2. The smallest absolute Gasteiger partial charge is 0.321 e. The van der Waals surface area contributed by atoms with Gasteiger partial charge in [-0.3, -0.25) is 4.79 Å². The van der Waals surface area contributed by atoms with Crippen molar-refractivity contribution >= 4 is 35.1 Å². The first-order valence-electron chi connectivity index (χ1n) is 10.4. The van der Waals surface area contributed by atoms with Crippen molar-refractivity contribution in [2.24, 2.45) is 5.92 Å². The van der Waals surface area contributed by atoms with E-state index in [0.717, 1.165) is 29.0 Å². The van der Waals surface area contributed by atoms with Gasteiger partial charge in [-0.2, -0.15) is 0 Å². The molecule has 1 unspecified atom stereocenters. The second kappa shape index (κ2) is 9.51. The summed E-state index contributed by atoms with van der Waals surface area (Å²) in [4.78, 5) is 28.4. The number of carbonyl (C=O) groups excluding carboxylic acids is 2. The van der Waals surface area contributed by atoms with E-state index in [0.29, 0.717) is 43.5 Å². The Hall–Kier alpha value is -2.87. The van der Waals surface area contributed by atoms with E-state index >= 15 is 0 Å². The van der Waals surface area contributed by atoms with E-state index in [1.807, 2.05) is 49.6 Å². The molecule has 1 fully saturated rings. The molecule has 0 aromatic heterocycles. The highest BCUT2D eigenvalue weighted by Crippen LogP contribution is 2.39. The molecule has 164 valence electrons. The second-order valence-electron chi connectivity index (χ2n) is 7.77. The molecule has 2 aromatic carbocycles. The van der Waals surface area contributed by atoms with Crippen LogP contribution in [-0.2, 0) is 4.79 Å². The van der Waals surface area contributed by atoms with Crippen molar-refractivity contribution in [3.63, 3.8) is 0 Å². The number of aryl methyl sites for hydroxylation is 1. The van der Waals surface area contributed by atoms with Crippen LogP contribution in [0.25, 0.3) is 0 Å². The predicted octanol–water partition coefficient (Wildman–Crippen LogP) is 4.37. The molecule has 1 saturated heterocycles. The van der Waals surface area contributed by atoms with Crippen LogP contribution in [-0.4, -0.2) is 49.4 Å². The number of carbonyl (C=O) groups is 2. The first kappa shape index (κ1) is 21.4. The Labute approximate surface area is 186 Å². The van der Waals surface area contributed by atoms with Gasteiger partial charge in [-0.1, -0.05) is 12.1 Å². The zero-order valence-electron chi connectivity index (χ0n) is 17.8. The van der Waals surface area contributed by atoms with Gasteiger partial charge >= 0.3 is 6.03 Å². The molecule has 2 heterocycles. The summed E-state index contributed by atoms with van der Waals surface area (Å²) in [5.74, 6) is 0.993. The van der Waals surface area contributed by atoms with Gasteiger partial charge in [0.15, 0.2) is 11.5 Å². The van der Waals surface area contributed by atoms with Gasteiger partial charge in [-0.05, 0) is 49.8 Å². The average molecular weight is 442 g/mol. The molecular weight excluding hydrogens is 414 g/mol. The van der Waals surface area contributed by atoms with E-state index in [2.05, 4.69) is 10.6 Å². The lowest BCUT2D eigenvalue weighted by Crippen LogP contribution is -2.45. The van der Waals surface area contributed by atoms with Crippen molar-refractivity contribution in [1.29, 1.82) is 0 Å². The van der Waals surface area contributed by atoms with Crippen LogP contribution in [0.15, 0.2) is 41.3 Å². The van der Waals surface area contributed by atoms with Crippen molar-refractivity contribution in [2.75, 3.05) is 43.2 Å². The normalized spacial score (nSPS) is 17.7. The monoisotopic (exact) mass is 441 g/mol. The molecule has 0 radical (unpaired) electrons. The van der Waals surface area contributed by atoms with Crippen LogP contribution < -0.4 is 20.1 Å². The number of piperidine rings is 1. The van der Waals surface area contributed by atoms with Gasteiger partial charge in [0.2, 0.25) is 5.91 Å². The van der Waals surface area contributed by atoms with Crippen molar-refractivity contribution in [3.05, 3.63) is 42.0 Å². The van der Waals surface area contributed by atoms with Gasteiger partial charge < -0.3 is 25.0 Å².